The number of carbonyl (C=O) groups is 1. The summed E-state index contributed by atoms with van der Waals surface area (Å²) >= 11 is 3.34. The highest BCUT2D eigenvalue weighted by molar-refractivity contribution is 7.18. The fraction of sp³-hybridized carbons (Fsp3) is 0.421. The van der Waals surface area contributed by atoms with Crippen molar-refractivity contribution in [1.82, 2.24) is 15.3 Å². The SMILES string of the molecule is O=C(CCc1nc2sc3c(c2c(=O)[nH]1)CCCC3)NCCc1cccs1. The van der Waals surface area contributed by atoms with Gasteiger partial charge in [-0.25, -0.2) is 4.98 Å². The van der Waals surface area contributed by atoms with E-state index in [1.165, 1.54) is 21.7 Å². The highest BCUT2D eigenvalue weighted by atomic mass is 32.1. The van der Waals surface area contributed by atoms with Crippen molar-refractivity contribution >= 4 is 38.8 Å². The Labute approximate surface area is 159 Å². The molecule has 26 heavy (non-hydrogen) atoms. The number of fused-ring (bicyclic) bond motifs is 3. The molecule has 4 rings (SSSR count). The van der Waals surface area contributed by atoms with E-state index in [1.807, 2.05) is 11.4 Å². The first kappa shape index (κ1) is 17.4. The summed E-state index contributed by atoms with van der Waals surface area (Å²) in [4.78, 5) is 35.4. The Morgan fingerprint density at radius 3 is 3.00 bits per heavy atom. The van der Waals surface area contributed by atoms with E-state index in [-0.39, 0.29) is 11.5 Å². The van der Waals surface area contributed by atoms with Crippen LogP contribution in [0.1, 0.15) is 40.4 Å². The van der Waals surface area contributed by atoms with Gasteiger partial charge in [0.25, 0.3) is 5.56 Å². The van der Waals surface area contributed by atoms with Crippen molar-refractivity contribution in [2.45, 2.75) is 44.9 Å². The molecule has 0 bridgehead atoms. The standard InChI is InChI=1S/C19H21N3O2S2/c23-16(20-10-9-12-4-3-11-25-12)8-7-15-21-18(24)17-13-5-1-2-6-14(13)26-19(17)22-15/h3-4,11H,1-2,5-10H2,(H,20,23)(H,21,22,24). The maximum atomic E-state index is 12.5. The van der Waals surface area contributed by atoms with Gasteiger partial charge < -0.3 is 10.3 Å². The first-order valence-electron chi connectivity index (χ1n) is 9.03. The molecule has 0 spiro atoms. The van der Waals surface area contributed by atoms with E-state index >= 15 is 0 Å². The number of carbonyl (C=O) groups excluding carboxylic acids is 1. The molecule has 5 nitrogen and oxygen atoms in total. The maximum Gasteiger partial charge on any atom is 0.259 e. The molecule has 0 saturated heterocycles. The smallest absolute Gasteiger partial charge is 0.259 e. The molecular weight excluding hydrogens is 366 g/mol. The lowest BCUT2D eigenvalue weighted by Crippen LogP contribution is -2.26. The van der Waals surface area contributed by atoms with Crippen molar-refractivity contribution in [3.8, 4) is 0 Å². The molecule has 0 fully saturated rings. The number of aryl methyl sites for hydroxylation is 3. The molecule has 0 atom stereocenters. The number of amides is 1. The van der Waals surface area contributed by atoms with Crippen LogP contribution in [-0.4, -0.2) is 22.4 Å². The Morgan fingerprint density at radius 2 is 2.15 bits per heavy atom. The summed E-state index contributed by atoms with van der Waals surface area (Å²) < 4.78 is 0. The maximum absolute atomic E-state index is 12.5. The van der Waals surface area contributed by atoms with E-state index in [2.05, 4.69) is 21.4 Å². The molecule has 0 unspecified atom stereocenters. The van der Waals surface area contributed by atoms with Gasteiger partial charge in [-0.1, -0.05) is 6.07 Å². The predicted octanol–water partition coefficient (Wildman–Crippen LogP) is 3.22. The van der Waals surface area contributed by atoms with E-state index in [4.69, 9.17) is 0 Å². The summed E-state index contributed by atoms with van der Waals surface area (Å²) in [5.41, 5.74) is 1.14. The third-order valence-corrected chi connectivity index (χ3v) is 6.86. The minimum atomic E-state index is -0.0532. The van der Waals surface area contributed by atoms with Crippen molar-refractivity contribution in [3.63, 3.8) is 0 Å². The van der Waals surface area contributed by atoms with E-state index < -0.39 is 0 Å². The van der Waals surface area contributed by atoms with E-state index in [9.17, 15) is 9.59 Å². The predicted molar refractivity (Wildman–Crippen MR) is 106 cm³/mol. The van der Waals surface area contributed by atoms with Gasteiger partial charge in [0.2, 0.25) is 5.91 Å². The number of H-pyrrole nitrogens is 1. The minimum Gasteiger partial charge on any atom is -0.356 e. The highest BCUT2D eigenvalue weighted by Crippen LogP contribution is 2.33. The van der Waals surface area contributed by atoms with Crippen LogP contribution in [0.4, 0.5) is 0 Å². The molecule has 0 radical (unpaired) electrons. The van der Waals surface area contributed by atoms with Crippen LogP contribution >= 0.6 is 22.7 Å². The van der Waals surface area contributed by atoms with Gasteiger partial charge in [0.15, 0.2) is 0 Å². The van der Waals surface area contributed by atoms with Gasteiger partial charge in [-0.3, -0.25) is 9.59 Å². The van der Waals surface area contributed by atoms with Crippen LogP contribution < -0.4 is 10.9 Å². The fourth-order valence-electron chi connectivity index (χ4n) is 3.43. The number of rotatable bonds is 6. The second-order valence-corrected chi connectivity index (χ2v) is 8.70. The van der Waals surface area contributed by atoms with Crippen LogP contribution in [0.25, 0.3) is 10.2 Å². The van der Waals surface area contributed by atoms with Crippen molar-refractivity contribution < 1.29 is 4.79 Å². The van der Waals surface area contributed by atoms with Crippen LogP contribution in [0.5, 0.6) is 0 Å². The monoisotopic (exact) mass is 387 g/mol. The summed E-state index contributed by atoms with van der Waals surface area (Å²) in [6, 6.07) is 4.09. The van der Waals surface area contributed by atoms with Crippen LogP contribution in [0.3, 0.4) is 0 Å². The lowest BCUT2D eigenvalue weighted by atomic mass is 9.97. The number of nitrogens with zero attached hydrogens (tertiary/aromatic N) is 1. The molecule has 7 heteroatoms. The van der Waals surface area contributed by atoms with Crippen LogP contribution in [0.15, 0.2) is 22.3 Å². The summed E-state index contributed by atoms with van der Waals surface area (Å²) in [6.45, 7) is 0.639. The van der Waals surface area contributed by atoms with Crippen molar-refractivity contribution in [1.29, 1.82) is 0 Å². The third kappa shape index (κ3) is 3.73. The van der Waals surface area contributed by atoms with Gasteiger partial charge in [-0.15, -0.1) is 22.7 Å². The minimum absolute atomic E-state index is 0.00484. The Balaban J connectivity index is 1.38. The van der Waals surface area contributed by atoms with E-state index in [0.29, 0.717) is 25.2 Å². The largest absolute Gasteiger partial charge is 0.356 e. The average molecular weight is 388 g/mol. The highest BCUT2D eigenvalue weighted by Gasteiger charge is 2.19. The van der Waals surface area contributed by atoms with Crippen molar-refractivity contribution in [2.24, 2.45) is 0 Å². The second kappa shape index (κ2) is 7.72. The summed E-state index contributed by atoms with van der Waals surface area (Å²) in [5, 5.41) is 5.74. The number of nitrogens with one attached hydrogen (secondary N) is 2. The Kier molecular flexibility index (Phi) is 5.17. The van der Waals surface area contributed by atoms with Gasteiger partial charge in [-0.2, -0.15) is 0 Å². The quantitative estimate of drug-likeness (QED) is 0.682. The summed E-state index contributed by atoms with van der Waals surface area (Å²) in [7, 11) is 0. The summed E-state index contributed by atoms with van der Waals surface area (Å²) in [6.07, 6.45) is 6.01. The van der Waals surface area contributed by atoms with Gasteiger partial charge in [0.05, 0.1) is 5.39 Å². The normalized spacial score (nSPS) is 13.7. The zero-order valence-corrected chi connectivity index (χ0v) is 16.1. The molecule has 3 aromatic heterocycles. The Hall–Kier alpha value is -1.99. The number of aromatic nitrogens is 2. The molecule has 0 aliphatic heterocycles. The molecular formula is C19H21N3O2S2. The first-order chi connectivity index (χ1) is 12.7. The van der Waals surface area contributed by atoms with Crippen LogP contribution in [-0.2, 0) is 30.5 Å². The molecule has 1 aliphatic carbocycles. The van der Waals surface area contributed by atoms with E-state index in [1.54, 1.807) is 22.7 Å². The number of thiophene rings is 2. The molecule has 1 amide bonds. The second-order valence-electron chi connectivity index (χ2n) is 6.58. The summed E-state index contributed by atoms with van der Waals surface area (Å²) in [5.74, 6) is 0.601. The van der Waals surface area contributed by atoms with Gasteiger partial charge in [0, 0.05) is 29.1 Å². The lowest BCUT2D eigenvalue weighted by molar-refractivity contribution is -0.121. The topological polar surface area (TPSA) is 74.8 Å². The fourth-order valence-corrected chi connectivity index (χ4v) is 5.42. The lowest BCUT2D eigenvalue weighted by Gasteiger charge is -2.09. The van der Waals surface area contributed by atoms with Crippen LogP contribution in [0.2, 0.25) is 0 Å². The van der Waals surface area contributed by atoms with Gasteiger partial charge >= 0.3 is 0 Å². The number of hydrogen-bond acceptors (Lipinski definition) is 5. The Morgan fingerprint density at radius 1 is 1.27 bits per heavy atom. The molecule has 1 aliphatic rings. The first-order valence-corrected chi connectivity index (χ1v) is 10.7. The Bertz CT molecular complexity index is 973. The number of aromatic amines is 1. The van der Waals surface area contributed by atoms with Crippen LogP contribution in [0, 0.1) is 0 Å². The molecule has 136 valence electrons. The van der Waals surface area contributed by atoms with Crippen molar-refractivity contribution in [3.05, 3.63) is 49.0 Å². The van der Waals surface area contributed by atoms with Gasteiger partial charge in [-0.05, 0) is 49.1 Å². The van der Waals surface area contributed by atoms with E-state index in [0.717, 1.165) is 35.9 Å². The molecule has 2 N–H and O–H groups in total. The molecule has 0 aromatic carbocycles. The van der Waals surface area contributed by atoms with Crippen molar-refractivity contribution in [2.75, 3.05) is 6.54 Å². The molecule has 3 aromatic rings. The number of hydrogen-bond donors (Lipinski definition) is 2. The third-order valence-electron chi connectivity index (χ3n) is 4.74. The average Bonchev–Trinajstić information content (AvgIpc) is 3.27. The zero-order chi connectivity index (χ0) is 17.9. The molecule has 3 heterocycles. The van der Waals surface area contributed by atoms with Gasteiger partial charge in [0.1, 0.15) is 10.7 Å². The zero-order valence-electron chi connectivity index (χ0n) is 14.5. The molecule has 0 saturated carbocycles.